The summed E-state index contributed by atoms with van der Waals surface area (Å²) in [5.41, 5.74) is 2.40. The van der Waals surface area contributed by atoms with E-state index in [0.29, 0.717) is 0 Å². The first-order valence-electron chi connectivity index (χ1n) is 6.04. The number of nitrogens with zero attached hydrogens (tertiary/aromatic N) is 1. The molecule has 0 aliphatic rings. The van der Waals surface area contributed by atoms with Crippen LogP contribution in [0.4, 0.5) is 0 Å². The second-order valence-electron chi connectivity index (χ2n) is 4.44. The number of aromatic nitrogens is 1. The summed E-state index contributed by atoms with van der Waals surface area (Å²) >= 11 is 11.9. The van der Waals surface area contributed by atoms with Gasteiger partial charge in [0, 0.05) is 10.0 Å². The molecule has 3 rings (SSSR count). The van der Waals surface area contributed by atoms with E-state index in [1.165, 1.54) is 11.1 Å². The zero-order chi connectivity index (χ0) is 13.2. The van der Waals surface area contributed by atoms with E-state index in [-0.39, 0.29) is 6.04 Å². The van der Waals surface area contributed by atoms with Crippen molar-refractivity contribution in [2.75, 3.05) is 0 Å². The minimum Gasteiger partial charge on any atom is -0.449 e. The van der Waals surface area contributed by atoms with Crippen LogP contribution in [0.3, 0.4) is 0 Å². The van der Waals surface area contributed by atoms with Gasteiger partial charge in [0.05, 0.1) is 6.04 Å². The maximum Gasteiger partial charge on any atom is 0.0620 e. The Hall–Kier alpha value is -1.57. The number of hydrogen-bond donors (Lipinski definition) is 0. The fourth-order valence-corrected chi connectivity index (χ4v) is 2.44. The van der Waals surface area contributed by atoms with Crippen molar-refractivity contribution in [3.05, 3.63) is 88.2 Å². The Morgan fingerprint density at radius 1 is 0.789 bits per heavy atom. The highest BCUT2D eigenvalue weighted by Crippen LogP contribution is 2.29. The molecule has 2 aromatic carbocycles. The van der Waals surface area contributed by atoms with E-state index >= 15 is 0 Å². The molecular weight excluding hydrogens is 277 g/mol. The van der Waals surface area contributed by atoms with Crippen LogP contribution in [-0.2, 0) is 0 Å². The standard InChI is InChI=1S/C16H12Cl2N/c17-14-6-2-12(3-7-14)16(19-10-1-11-19)13-4-8-15(18)9-5-13/h1-11,16H/q-1. The molecule has 1 heterocycles. The average Bonchev–Trinajstić information content (AvgIpc) is 2.36. The van der Waals surface area contributed by atoms with E-state index < -0.39 is 0 Å². The van der Waals surface area contributed by atoms with E-state index in [0.717, 1.165) is 10.0 Å². The quantitative estimate of drug-likeness (QED) is 0.587. The summed E-state index contributed by atoms with van der Waals surface area (Å²) in [4.78, 5) is 0. The van der Waals surface area contributed by atoms with Gasteiger partial charge in [0.1, 0.15) is 0 Å². The Balaban J connectivity index is 2.04. The highest BCUT2D eigenvalue weighted by Gasteiger charge is 2.13. The molecule has 0 amide bonds. The normalized spacial score (nSPS) is 11.1. The zero-order valence-electron chi connectivity index (χ0n) is 10.1. The highest BCUT2D eigenvalue weighted by atomic mass is 35.5. The van der Waals surface area contributed by atoms with Crippen molar-refractivity contribution in [2.45, 2.75) is 6.04 Å². The molecule has 3 aromatic rings. The number of rotatable bonds is 3. The van der Waals surface area contributed by atoms with Gasteiger partial charge < -0.3 is 4.57 Å². The van der Waals surface area contributed by atoms with Crippen molar-refractivity contribution in [1.82, 2.24) is 4.57 Å². The Morgan fingerprint density at radius 3 is 1.53 bits per heavy atom. The van der Waals surface area contributed by atoms with Gasteiger partial charge in [-0.2, -0.15) is 0 Å². The van der Waals surface area contributed by atoms with Crippen molar-refractivity contribution in [3.63, 3.8) is 0 Å². The van der Waals surface area contributed by atoms with Crippen LogP contribution >= 0.6 is 23.2 Å². The largest absolute Gasteiger partial charge is 0.449 e. The van der Waals surface area contributed by atoms with Crippen molar-refractivity contribution in [2.24, 2.45) is 0 Å². The van der Waals surface area contributed by atoms with Gasteiger partial charge in [-0.3, -0.25) is 0 Å². The molecule has 1 nitrogen and oxygen atoms in total. The SMILES string of the molecule is Clc1ccc(C(c2ccc(Cl)cc2)n2cc[cH-]2)cc1. The highest BCUT2D eigenvalue weighted by molar-refractivity contribution is 6.30. The number of benzene rings is 2. The summed E-state index contributed by atoms with van der Waals surface area (Å²) < 4.78 is 2.17. The van der Waals surface area contributed by atoms with Crippen molar-refractivity contribution < 1.29 is 0 Å². The average molecular weight is 289 g/mol. The minimum absolute atomic E-state index is 0.166. The van der Waals surface area contributed by atoms with Crippen LogP contribution in [0, 0.1) is 0 Å². The number of halogens is 2. The van der Waals surface area contributed by atoms with Crippen LogP contribution < -0.4 is 0 Å². The molecular formula is C16H12Cl2N-. The van der Waals surface area contributed by atoms with Gasteiger partial charge in [-0.05, 0) is 35.4 Å². The fraction of sp³-hybridized carbons (Fsp3) is 0.0625. The molecule has 0 saturated carbocycles. The molecule has 0 aliphatic carbocycles. The van der Waals surface area contributed by atoms with Gasteiger partial charge in [-0.15, -0.1) is 18.5 Å². The van der Waals surface area contributed by atoms with E-state index in [1.807, 2.05) is 30.3 Å². The third kappa shape index (κ3) is 2.58. The summed E-state index contributed by atoms with van der Waals surface area (Å²) in [6.07, 6.45) is 4.13. The molecule has 19 heavy (non-hydrogen) atoms. The van der Waals surface area contributed by atoms with Gasteiger partial charge in [0.25, 0.3) is 0 Å². The third-order valence-corrected chi connectivity index (χ3v) is 3.69. The van der Waals surface area contributed by atoms with Crippen LogP contribution in [0.15, 0.2) is 67.0 Å². The Labute approximate surface area is 122 Å². The molecule has 0 N–H and O–H groups in total. The molecule has 1 aromatic heterocycles. The van der Waals surface area contributed by atoms with Crippen LogP contribution in [0.25, 0.3) is 0 Å². The van der Waals surface area contributed by atoms with E-state index in [9.17, 15) is 0 Å². The maximum atomic E-state index is 5.96. The first-order chi connectivity index (χ1) is 9.24. The second-order valence-corrected chi connectivity index (χ2v) is 5.32. The van der Waals surface area contributed by atoms with Gasteiger partial charge in [-0.1, -0.05) is 47.5 Å². The first kappa shape index (κ1) is 12.5. The van der Waals surface area contributed by atoms with Crippen LogP contribution in [0.2, 0.25) is 10.0 Å². The third-order valence-electron chi connectivity index (χ3n) is 3.19. The maximum absolute atomic E-state index is 5.96. The predicted molar refractivity (Wildman–Crippen MR) is 80.2 cm³/mol. The summed E-state index contributed by atoms with van der Waals surface area (Å²) in [6.45, 7) is 0. The molecule has 0 radical (unpaired) electrons. The summed E-state index contributed by atoms with van der Waals surface area (Å²) in [7, 11) is 0. The van der Waals surface area contributed by atoms with Gasteiger partial charge in [0.2, 0.25) is 0 Å². The van der Waals surface area contributed by atoms with Crippen LogP contribution in [0.5, 0.6) is 0 Å². The topological polar surface area (TPSA) is 4.93 Å². The van der Waals surface area contributed by atoms with Crippen LogP contribution in [0.1, 0.15) is 17.2 Å². The lowest BCUT2D eigenvalue weighted by Crippen LogP contribution is -2.13. The molecule has 0 bridgehead atoms. The van der Waals surface area contributed by atoms with Gasteiger partial charge >= 0.3 is 0 Å². The second kappa shape index (κ2) is 5.20. The van der Waals surface area contributed by atoms with Gasteiger partial charge in [0.15, 0.2) is 0 Å². The van der Waals surface area contributed by atoms with E-state index in [2.05, 4.69) is 41.2 Å². The molecule has 0 spiro atoms. The monoisotopic (exact) mass is 288 g/mol. The first-order valence-corrected chi connectivity index (χ1v) is 6.80. The summed E-state index contributed by atoms with van der Waals surface area (Å²) in [5.74, 6) is 0. The Bertz CT molecular complexity index is 592. The molecule has 0 aliphatic heterocycles. The lowest BCUT2D eigenvalue weighted by Gasteiger charge is -2.28. The Morgan fingerprint density at radius 2 is 1.21 bits per heavy atom. The number of hydrogen-bond acceptors (Lipinski definition) is 0. The molecule has 0 atom stereocenters. The predicted octanol–water partition coefficient (Wildman–Crippen LogP) is 5.15. The fourth-order valence-electron chi connectivity index (χ4n) is 2.18. The smallest absolute Gasteiger partial charge is 0.0620 e. The van der Waals surface area contributed by atoms with Crippen molar-refractivity contribution >= 4 is 23.2 Å². The lowest BCUT2D eigenvalue weighted by molar-refractivity contribution is 0.654. The molecule has 3 heteroatoms. The van der Waals surface area contributed by atoms with E-state index in [1.54, 1.807) is 0 Å². The van der Waals surface area contributed by atoms with Crippen molar-refractivity contribution in [3.8, 4) is 0 Å². The van der Waals surface area contributed by atoms with Gasteiger partial charge in [-0.25, -0.2) is 0 Å². The molecule has 0 unspecified atom stereocenters. The molecule has 0 saturated heterocycles. The molecule has 0 fully saturated rings. The van der Waals surface area contributed by atoms with E-state index in [4.69, 9.17) is 23.2 Å². The molecule has 96 valence electrons. The minimum atomic E-state index is 0.166. The lowest BCUT2D eigenvalue weighted by atomic mass is 9.98. The zero-order valence-corrected chi connectivity index (χ0v) is 11.6. The summed E-state index contributed by atoms with van der Waals surface area (Å²) in [6, 6.07) is 18.1. The Kier molecular flexibility index (Phi) is 3.41. The van der Waals surface area contributed by atoms with Crippen LogP contribution in [-0.4, -0.2) is 4.57 Å². The van der Waals surface area contributed by atoms with Crippen molar-refractivity contribution in [1.29, 1.82) is 0 Å². The summed E-state index contributed by atoms with van der Waals surface area (Å²) in [5, 5.41) is 1.50.